The summed E-state index contributed by atoms with van der Waals surface area (Å²) in [4.78, 5) is 4.05. The number of hydrogen-bond acceptors (Lipinski definition) is 5. The van der Waals surface area contributed by atoms with Gasteiger partial charge in [-0.05, 0) is 66.6 Å². The van der Waals surface area contributed by atoms with Crippen molar-refractivity contribution < 1.29 is 31.4 Å². The number of fused-ring (bicyclic) bond motifs is 1. The van der Waals surface area contributed by atoms with E-state index >= 15 is 0 Å². The van der Waals surface area contributed by atoms with E-state index in [2.05, 4.69) is 4.98 Å². The van der Waals surface area contributed by atoms with Crippen molar-refractivity contribution >= 4 is 32.3 Å². The number of ether oxygens (including phenoxy) is 1. The number of hydrogen-bond donors (Lipinski definition) is 1. The Kier molecular flexibility index (Phi) is 7.02. The van der Waals surface area contributed by atoms with Crippen LogP contribution in [0.3, 0.4) is 0 Å². The van der Waals surface area contributed by atoms with E-state index in [4.69, 9.17) is 21.4 Å². The van der Waals surface area contributed by atoms with E-state index in [1.807, 2.05) is 0 Å². The van der Waals surface area contributed by atoms with Gasteiger partial charge in [-0.3, -0.25) is 4.98 Å². The summed E-state index contributed by atoms with van der Waals surface area (Å²) in [5.74, 6) is 0.552. The van der Waals surface area contributed by atoms with E-state index in [0.717, 1.165) is 6.07 Å². The molecule has 0 radical (unpaired) electrons. The molecule has 1 heterocycles. The number of para-hydroxylation sites is 1. The molecule has 5 nitrogen and oxygen atoms in total. The van der Waals surface area contributed by atoms with Crippen molar-refractivity contribution in [1.29, 1.82) is 0 Å². The van der Waals surface area contributed by atoms with Gasteiger partial charge in [-0.1, -0.05) is 23.7 Å². The number of sulfone groups is 1. The average molecular weight is 522 g/mol. The molecule has 0 aliphatic heterocycles. The molecule has 1 aromatic heterocycles. The van der Waals surface area contributed by atoms with Crippen molar-refractivity contribution in [1.82, 2.24) is 4.98 Å². The summed E-state index contributed by atoms with van der Waals surface area (Å²) in [5.41, 5.74) is -0.103. The number of pyridine rings is 1. The van der Waals surface area contributed by atoms with Gasteiger partial charge in [0, 0.05) is 28.8 Å². The maximum absolute atomic E-state index is 13.5. The number of benzene rings is 3. The minimum atomic E-state index is -4.56. The Labute approximate surface area is 204 Å². The van der Waals surface area contributed by atoms with Crippen LogP contribution in [0.2, 0.25) is 5.02 Å². The van der Waals surface area contributed by atoms with E-state index in [1.165, 1.54) is 36.5 Å². The van der Waals surface area contributed by atoms with Gasteiger partial charge in [0.25, 0.3) is 0 Å². The van der Waals surface area contributed by atoms with Crippen LogP contribution >= 0.6 is 11.6 Å². The number of aromatic nitrogens is 1. The first-order valence-electron chi connectivity index (χ1n) is 10.5. The van der Waals surface area contributed by atoms with Crippen LogP contribution in [-0.4, -0.2) is 30.9 Å². The van der Waals surface area contributed by atoms with Crippen LogP contribution in [0, 0.1) is 0 Å². The van der Waals surface area contributed by atoms with E-state index in [9.17, 15) is 21.6 Å². The van der Waals surface area contributed by atoms with Gasteiger partial charge in [0.2, 0.25) is 0 Å². The lowest BCUT2D eigenvalue weighted by Gasteiger charge is -2.14. The summed E-state index contributed by atoms with van der Waals surface area (Å²) in [6.07, 6.45) is -3.12. The molecule has 1 N–H and O–H groups in total. The summed E-state index contributed by atoms with van der Waals surface area (Å²) >= 11 is 6.39. The molecule has 4 rings (SSSR count). The molecule has 0 aliphatic rings. The molecule has 35 heavy (non-hydrogen) atoms. The third-order valence-corrected chi connectivity index (χ3v) is 7.44. The van der Waals surface area contributed by atoms with Gasteiger partial charge in [0.1, 0.15) is 11.5 Å². The molecule has 0 aliphatic carbocycles. The van der Waals surface area contributed by atoms with Crippen molar-refractivity contribution in [3.05, 3.63) is 83.5 Å². The second kappa shape index (κ2) is 9.85. The maximum atomic E-state index is 13.5. The highest BCUT2D eigenvalue weighted by atomic mass is 35.5. The average Bonchev–Trinajstić information content (AvgIpc) is 2.83. The number of nitrogens with zero attached hydrogens (tertiary/aromatic N) is 1. The normalized spacial score (nSPS) is 12.1. The van der Waals surface area contributed by atoms with Crippen molar-refractivity contribution in [3.8, 4) is 22.6 Å². The SMILES string of the molecule is O=S(=O)(CCCO)c1ccc(Oc2ccc(Cl)c(-c3ccnc4c(C(F)(F)F)cccc34)c2)cc1. The van der Waals surface area contributed by atoms with Crippen molar-refractivity contribution in [2.45, 2.75) is 17.5 Å². The number of aliphatic hydroxyl groups is 1. The monoisotopic (exact) mass is 521 g/mol. The van der Waals surface area contributed by atoms with Gasteiger partial charge in [-0.15, -0.1) is 0 Å². The first kappa shape index (κ1) is 25.0. The number of alkyl halides is 3. The molecular weight excluding hydrogens is 503 g/mol. The number of halogens is 4. The molecule has 0 amide bonds. The van der Waals surface area contributed by atoms with Crippen LogP contribution in [0.25, 0.3) is 22.0 Å². The molecule has 0 atom stereocenters. The minimum absolute atomic E-state index is 0.110. The molecule has 3 aromatic carbocycles. The number of rotatable bonds is 7. The fourth-order valence-electron chi connectivity index (χ4n) is 3.64. The highest BCUT2D eigenvalue weighted by Crippen LogP contribution is 2.40. The zero-order valence-electron chi connectivity index (χ0n) is 18.1. The van der Waals surface area contributed by atoms with Crippen LogP contribution in [0.15, 0.2) is 77.8 Å². The Morgan fingerprint density at radius 1 is 0.943 bits per heavy atom. The Bertz CT molecular complexity index is 1470. The van der Waals surface area contributed by atoms with E-state index in [-0.39, 0.29) is 29.2 Å². The molecule has 0 fully saturated rings. The summed E-state index contributed by atoms with van der Waals surface area (Å²) in [6, 6.07) is 16.0. The first-order chi connectivity index (χ1) is 16.6. The molecule has 4 aromatic rings. The van der Waals surface area contributed by atoms with E-state index < -0.39 is 21.6 Å². The zero-order valence-corrected chi connectivity index (χ0v) is 19.7. The highest BCUT2D eigenvalue weighted by molar-refractivity contribution is 7.91. The second-order valence-electron chi connectivity index (χ2n) is 7.67. The van der Waals surface area contributed by atoms with Crippen molar-refractivity contribution in [2.75, 3.05) is 12.4 Å². The standard InChI is InChI=1S/C25H19ClF3NO4S/c26-23-10-7-17(34-16-5-8-18(9-6-16)35(32,33)14-2-13-31)15-21(23)19-11-12-30-24-20(19)3-1-4-22(24)25(27,28)29/h1,3-12,15,31H,2,13-14H2. The van der Waals surface area contributed by atoms with Gasteiger partial charge in [-0.25, -0.2) is 8.42 Å². The molecule has 0 unspecified atom stereocenters. The zero-order chi connectivity index (χ0) is 25.2. The summed E-state index contributed by atoms with van der Waals surface area (Å²) < 4.78 is 70.7. The summed E-state index contributed by atoms with van der Waals surface area (Å²) in [6.45, 7) is -0.219. The minimum Gasteiger partial charge on any atom is -0.457 e. The summed E-state index contributed by atoms with van der Waals surface area (Å²) in [5, 5.41) is 9.47. The third-order valence-electron chi connectivity index (χ3n) is 5.29. The first-order valence-corrected chi connectivity index (χ1v) is 12.5. The Morgan fingerprint density at radius 3 is 2.34 bits per heavy atom. The Balaban J connectivity index is 1.68. The van der Waals surface area contributed by atoms with Crippen molar-refractivity contribution in [2.24, 2.45) is 0 Å². The second-order valence-corrected chi connectivity index (χ2v) is 10.2. The predicted molar refractivity (Wildman–Crippen MR) is 127 cm³/mol. The largest absolute Gasteiger partial charge is 0.457 e. The molecule has 0 spiro atoms. The van der Waals surface area contributed by atoms with Crippen LogP contribution in [0.5, 0.6) is 11.5 Å². The highest BCUT2D eigenvalue weighted by Gasteiger charge is 2.33. The number of aliphatic hydroxyl groups excluding tert-OH is 1. The Hall–Kier alpha value is -3.14. The van der Waals surface area contributed by atoms with Gasteiger partial charge < -0.3 is 9.84 Å². The quantitative estimate of drug-likeness (QED) is 0.299. The van der Waals surface area contributed by atoms with Gasteiger partial charge >= 0.3 is 6.18 Å². The lowest BCUT2D eigenvalue weighted by Crippen LogP contribution is -2.08. The summed E-state index contributed by atoms with van der Waals surface area (Å²) in [7, 11) is -3.51. The van der Waals surface area contributed by atoms with E-state index in [1.54, 1.807) is 30.3 Å². The lowest BCUT2D eigenvalue weighted by molar-refractivity contribution is -0.136. The molecule has 0 saturated heterocycles. The maximum Gasteiger partial charge on any atom is 0.418 e. The molecular formula is C25H19ClF3NO4S. The Morgan fingerprint density at radius 2 is 1.66 bits per heavy atom. The smallest absolute Gasteiger partial charge is 0.418 e. The fraction of sp³-hybridized carbons (Fsp3) is 0.160. The molecule has 0 bridgehead atoms. The van der Waals surface area contributed by atoms with Crippen LogP contribution in [-0.2, 0) is 16.0 Å². The molecule has 10 heteroatoms. The van der Waals surface area contributed by atoms with E-state index in [0.29, 0.717) is 33.0 Å². The third kappa shape index (κ3) is 5.42. The van der Waals surface area contributed by atoms with Gasteiger partial charge in [-0.2, -0.15) is 13.2 Å². The van der Waals surface area contributed by atoms with Crippen LogP contribution in [0.1, 0.15) is 12.0 Å². The molecule has 182 valence electrons. The van der Waals surface area contributed by atoms with Gasteiger partial charge in [0.05, 0.1) is 21.7 Å². The van der Waals surface area contributed by atoms with Crippen LogP contribution < -0.4 is 4.74 Å². The van der Waals surface area contributed by atoms with Crippen LogP contribution in [0.4, 0.5) is 13.2 Å². The van der Waals surface area contributed by atoms with Crippen molar-refractivity contribution in [3.63, 3.8) is 0 Å². The van der Waals surface area contributed by atoms with Gasteiger partial charge in [0.15, 0.2) is 9.84 Å². The lowest BCUT2D eigenvalue weighted by atomic mass is 9.99. The topological polar surface area (TPSA) is 76.5 Å². The fourth-order valence-corrected chi connectivity index (χ4v) is 5.15. The predicted octanol–water partition coefficient (Wildman–Crippen LogP) is 6.52. The molecule has 0 saturated carbocycles.